The minimum Gasteiger partial charge on any atom is -0.350 e. The van der Waals surface area contributed by atoms with E-state index in [0.717, 1.165) is 5.56 Å². The molecular weight excluding hydrogens is 438 g/mol. The van der Waals surface area contributed by atoms with Gasteiger partial charge in [0.2, 0.25) is 21.8 Å². The van der Waals surface area contributed by atoms with Crippen LogP contribution in [0.25, 0.3) is 0 Å². The maximum Gasteiger partial charge on any atom is 0.243 e. The van der Waals surface area contributed by atoms with Crippen molar-refractivity contribution in [1.29, 1.82) is 0 Å². The highest BCUT2D eigenvalue weighted by Crippen LogP contribution is 2.24. The van der Waals surface area contributed by atoms with E-state index in [1.165, 1.54) is 4.31 Å². The summed E-state index contributed by atoms with van der Waals surface area (Å²) in [7, 11) is -3.65. The van der Waals surface area contributed by atoms with E-state index in [-0.39, 0.29) is 23.3 Å². The smallest absolute Gasteiger partial charge is 0.243 e. The lowest BCUT2D eigenvalue weighted by Gasteiger charge is -2.31. The van der Waals surface area contributed by atoms with Gasteiger partial charge in [-0.3, -0.25) is 9.59 Å². The highest BCUT2D eigenvalue weighted by atomic mass is 35.5. The monoisotopic (exact) mass is 463 g/mol. The molecule has 9 heteroatoms. The van der Waals surface area contributed by atoms with Gasteiger partial charge in [-0.25, -0.2) is 8.42 Å². The summed E-state index contributed by atoms with van der Waals surface area (Å²) in [5.74, 6) is -1.15. The lowest BCUT2D eigenvalue weighted by Crippen LogP contribution is -2.50. The predicted molar refractivity (Wildman–Crippen MR) is 119 cm³/mol. The zero-order valence-electron chi connectivity index (χ0n) is 17.3. The number of rotatable bonds is 7. The average Bonchev–Trinajstić information content (AvgIpc) is 2.78. The zero-order chi connectivity index (χ0) is 22.4. The van der Waals surface area contributed by atoms with Gasteiger partial charge in [0.05, 0.1) is 10.8 Å². The molecule has 2 atom stereocenters. The second-order valence-corrected chi connectivity index (χ2v) is 9.97. The molecule has 0 aliphatic carbocycles. The number of benzene rings is 2. The van der Waals surface area contributed by atoms with E-state index in [1.807, 2.05) is 6.07 Å². The Morgan fingerprint density at radius 3 is 2.61 bits per heavy atom. The van der Waals surface area contributed by atoms with Crippen LogP contribution in [0.5, 0.6) is 0 Å². The molecule has 1 aliphatic heterocycles. The number of sulfonamides is 1. The van der Waals surface area contributed by atoms with Crippen molar-refractivity contribution in [2.24, 2.45) is 5.92 Å². The zero-order valence-corrected chi connectivity index (χ0v) is 18.8. The lowest BCUT2D eigenvalue weighted by molar-refractivity contribution is -0.131. The number of nitrogens with one attached hydrogen (secondary N) is 2. The first-order valence-electron chi connectivity index (χ1n) is 10.1. The molecule has 0 spiro atoms. The molecule has 1 aliphatic rings. The highest BCUT2D eigenvalue weighted by molar-refractivity contribution is 7.89. The second kappa shape index (κ2) is 10.3. The van der Waals surface area contributed by atoms with E-state index in [0.29, 0.717) is 31.0 Å². The highest BCUT2D eigenvalue weighted by Gasteiger charge is 2.34. The van der Waals surface area contributed by atoms with Gasteiger partial charge in [-0.05, 0) is 49.6 Å². The number of carbonyl (C=O) groups is 2. The summed E-state index contributed by atoms with van der Waals surface area (Å²) < 4.78 is 27.0. The number of hydrogen-bond donors (Lipinski definition) is 2. The Balaban J connectivity index is 1.55. The van der Waals surface area contributed by atoms with E-state index in [2.05, 4.69) is 10.6 Å². The van der Waals surface area contributed by atoms with Crippen LogP contribution in [0.1, 0.15) is 25.3 Å². The third-order valence-electron chi connectivity index (χ3n) is 5.24. The Morgan fingerprint density at radius 1 is 1.16 bits per heavy atom. The summed E-state index contributed by atoms with van der Waals surface area (Å²) in [6.07, 6.45) is 1.16. The van der Waals surface area contributed by atoms with Crippen molar-refractivity contribution in [2.75, 3.05) is 13.1 Å². The fraction of sp³-hybridized carbons (Fsp3) is 0.364. The Bertz CT molecular complexity index is 1030. The topological polar surface area (TPSA) is 95.6 Å². The molecule has 0 aromatic heterocycles. The van der Waals surface area contributed by atoms with Crippen LogP contribution in [-0.4, -0.2) is 43.7 Å². The number of amides is 2. The summed E-state index contributed by atoms with van der Waals surface area (Å²) in [5, 5.41) is 6.06. The van der Waals surface area contributed by atoms with Crippen molar-refractivity contribution < 1.29 is 18.0 Å². The van der Waals surface area contributed by atoms with Crippen LogP contribution in [-0.2, 0) is 26.2 Å². The van der Waals surface area contributed by atoms with Gasteiger partial charge in [0.25, 0.3) is 0 Å². The molecule has 1 saturated heterocycles. The van der Waals surface area contributed by atoms with Gasteiger partial charge in [0, 0.05) is 24.7 Å². The number of halogens is 1. The van der Waals surface area contributed by atoms with Crippen molar-refractivity contribution in [3.8, 4) is 0 Å². The first-order chi connectivity index (χ1) is 14.8. The van der Waals surface area contributed by atoms with Crippen molar-refractivity contribution in [3.05, 3.63) is 65.2 Å². The second-order valence-electron chi connectivity index (χ2n) is 7.59. The number of piperidine rings is 1. The fourth-order valence-corrected chi connectivity index (χ4v) is 5.26. The average molecular weight is 464 g/mol. The molecule has 7 nitrogen and oxygen atoms in total. The number of carbonyl (C=O) groups excluding carboxylic acids is 2. The quantitative estimate of drug-likeness (QED) is 0.659. The number of nitrogens with zero attached hydrogens (tertiary/aromatic N) is 1. The van der Waals surface area contributed by atoms with Gasteiger partial charge < -0.3 is 10.6 Å². The molecule has 31 heavy (non-hydrogen) atoms. The molecular formula is C22H26ClN3O4S. The van der Waals surface area contributed by atoms with Gasteiger partial charge in [-0.15, -0.1) is 0 Å². The molecule has 1 fully saturated rings. The minimum absolute atomic E-state index is 0.0971. The Morgan fingerprint density at radius 2 is 1.90 bits per heavy atom. The van der Waals surface area contributed by atoms with Crippen LogP contribution < -0.4 is 10.6 Å². The molecule has 2 N–H and O–H groups in total. The first-order valence-corrected chi connectivity index (χ1v) is 12.0. The van der Waals surface area contributed by atoms with Crippen molar-refractivity contribution in [1.82, 2.24) is 14.9 Å². The third kappa shape index (κ3) is 6.06. The third-order valence-corrected chi connectivity index (χ3v) is 7.36. The van der Waals surface area contributed by atoms with Crippen LogP contribution in [0.15, 0.2) is 59.5 Å². The van der Waals surface area contributed by atoms with E-state index in [9.17, 15) is 18.0 Å². The van der Waals surface area contributed by atoms with Crippen LogP contribution >= 0.6 is 11.6 Å². The Hall–Kier alpha value is -2.42. The largest absolute Gasteiger partial charge is 0.350 e. The summed E-state index contributed by atoms with van der Waals surface area (Å²) in [4.78, 5) is 25.3. The van der Waals surface area contributed by atoms with Gasteiger partial charge in [0.1, 0.15) is 6.04 Å². The molecule has 2 amide bonds. The Kier molecular flexibility index (Phi) is 7.69. The van der Waals surface area contributed by atoms with E-state index >= 15 is 0 Å². The predicted octanol–water partition coefficient (Wildman–Crippen LogP) is 2.56. The first kappa shape index (κ1) is 23.2. The lowest BCUT2D eigenvalue weighted by atomic mass is 9.98. The maximum absolute atomic E-state index is 12.9. The van der Waals surface area contributed by atoms with Crippen LogP contribution in [0.3, 0.4) is 0 Å². The standard InChI is InChI=1S/C22H26ClN3O4S/c1-16(21(27)24-14-17-7-5-9-19(23)13-17)25-22(28)18-8-6-12-26(15-18)31(29,30)20-10-3-2-4-11-20/h2-5,7,9-11,13,16,18H,6,8,12,14-15H2,1H3,(H,24,27)(H,25,28)/t16-,18+/m0/s1. The van der Waals surface area contributed by atoms with Gasteiger partial charge in [0.15, 0.2) is 0 Å². The summed E-state index contributed by atoms with van der Waals surface area (Å²) in [5.41, 5.74) is 0.855. The van der Waals surface area contributed by atoms with Gasteiger partial charge in [-0.2, -0.15) is 4.31 Å². The summed E-state index contributed by atoms with van der Waals surface area (Å²) in [6.45, 7) is 2.37. The molecule has 1 heterocycles. The van der Waals surface area contributed by atoms with E-state index in [1.54, 1.807) is 55.5 Å². The molecule has 166 valence electrons. The molecule has 0 saturated carbocycles. The summed E-state index contributed by atoms with van der Waals surface area (Å²) >= 11 is 5.94. The molecule has 0 unspecified atom stereocenters. The van der Waals surface area contributed by atoms with Crippen LogP contribution in [0.2, 0.25) is 5.02 Å². The van der Waals surface area contributed by atoms with E-state index in [4.69, 9.17) is 11.6 Å². The van der Waals surface area contributed by atoms with Crippen LogP contribution in [0.4, 0.5) is 0 Å². The van der Waals surface area contributed by atoms with Gasteiger partial charge in [-0.1, -0.05) is 41.9 Å². The van der Waals surface area contributed by atoms with Gasteiger partial charge >= 0.3 is 0 Å². The Labute approximate surface area is 187 Å². The maximum atomic E-state index is 12.9. The molecule has 0 radical (unpaired) electrons. The molecule has 3 rings (SSSR count). The molecule has 0 bridgehead atoms. The SMILES string of the molecule is C[C@H](NC(=O)[C@@H]1CCCN(S(=O)(=O)c2ccccc2)C1)C(=O)NCc1cccc(Cl)c1. The van der Waals surface area contributed by atoms with Crippen LogP contribution in [0, 0.1) is 5.92 Å². The normalized spacial score (nSPS) is 18.2. The summed E-state index contributed by atoms with van der Waals surface area (Å²) in [6, 6.07) is 14.6. The number of hydrogen-bond acceptors (Lipinski definition) is 4. The molecule has 2 aromatic carbocycles. The van der Waals surface area contributed by atoms with Crippen molar-refractivity contribution in [2.45, 2.75) is 37.2 Å². The van der Waals surface area contributed by atoms with E-state index < -0.39 is 22.0 Å². The minimum atomic E-state index is -3.65. The fourth-order valence-electron chi connectivity index (χ4n) is 3.50. The molecule has 2 aromatic rings. The van der Waals surface area contributed by atoms with Crippen molar-refractivity contribution >= 4 is 33.4 Å². The van der Waals surface area contributed by atoms with Crippen molar-refractivity contribution in [3.63, 3.8) is 0 Å².